The molecule has 3 fully saturated rings. The second-order valence-corrected chi connectivity index (χ2v) is 10.3. The lowest BCUT2D eigenvalue weighted by atomic mass is 9.65. The highest BCUT2D eigenvalue weighted by molar-refractivity contribution is 5.99. The molecule has 5 unspecified atom stereocenters. The van der Waals surface area contributed by atoms with Crippen LogP contribution in [0.4, 0.5) is 0 Å². The van der Waals surface area contributed by atoms with E-state index < -0.39 is 5.54 Å². The Morgan fingerprint density at radius 3 is 2.38 bits per heavy atom. The molecule has 0 spiro atoms. The highest BCUT2D eigenvalue weighted by Gasteiger charge is 2.80. The zero-order chi connectivity index (χ0) is 22.6. The molecule has 4 bridgehead atoms. The van der Waals surface area contributed by atoms with Gasteiger partial charge >= 0.3 is 0 Å². The van der Waals surface area contributed by atoms with Crippen LogP contribution in [0, 0.1) is 16.7 Å². The van der Waals surface area contributed by atoms with Crippen LogP contribution >= 0.6 is 0 Å². The summed E-state index contributed by atoms with van der Waals surface area (Å²) in [4.78, 5) is 29.4. The molecule has 0 aromatic heterocycles. The molecular weight excluding hydrogens is 396 g/mol. The minimum absolute atomic E-state index is 0.00346. The maximum atomic E-state index is 14.0. The molecule has 2 amide bonds. The SMILES string of the molecule is CC(NC(=O)C12CC3CCC1(C)C3(C)CN2C(=O)C=Cc1ccccc1)c1ccccc1. The van der Waals surface area contributed by atoms with Crippen LogP contribution in [-0.4, -0.2) is 28.8 Å². The van der Waals surface area contributed by atoms with Crippen molar-refractivity contribution in [2.75, 3.05) is 6.54 Å². The maximum absolute atomic E-state index is 14.0. The summed E-state index contributed by atoms with van der Waals surface area (Å²) < 4.78 is 0. The lowest BCUT2D eigenvalue weighted by Gasteiger charge is -2.47. The van der Waals surface area contributed by atoms with Crippen molar-refractivity contribution in [1.82, 2.24) is 10.2 Å². The van der Waals surface area contributed by atoms with Crippen molar-refractivity contribution in [2.45, 2.75) is 51.6 Å². The lowest BCUT2D eigenvalue weighted by molar-refractivity contribution is -0.149. The van der Waals surface area contributed by atoms with Crippen LogP contribution < -0.4 is 5.32 Å². The first-order chi connectivity index (χ1) is 15.3. The van der Waals surface area contributed by atoms with Crippen LogP contribution in [-0.2, 0) is 9.59 Å². The van der Waals surface area contributed by atoms with Gasteiger partial charge in [0, 0.05) is 18.0 Å². The van der Waals surface area contributed by atoms with Gasteiger partial charge in [-0.05, 0) is 54.7 Å². The van der Waals surface area contributed by atoms with E-state index in [1.165, 1.54) is 0 Å². The average molecular weight is 429 g/mol. The molecule has 32 heavy (non-hydrogen) atoms. The normalized spacial score (nSPS) is 33.6. The van der Waals surface area contributed by atoms with Crippen molar-refractivity contribution in [1.29, 1.82) is 0 Å². The van der Waals surface area contributed by atoms with E-state index in [9.17, 15) is 9.59 Å². The van der Waals surface area contributed by atoms with E-state index in [2.05, 4.69) is 19.2 Å². The number of hydrogen-bond acceptors (Lipinski definition) is 2. The largest absolute Gasteiger partial charge is 0.348 e. The molecule has 2 aromatic carbocycles. The Labute approximate surface area is 190 Å². The first kappa shape index (κ1) is 21.0. The summed E-state index contributed by atoms with van der Waals surface area (Å²) in [5.74, 6) is 0.433. The second kappa shape index (κ2) is 7.33. The van der Waals surface area contributed by atoms with Gasteiger partial charge in [0.15, 0.2) is 0 Å². The Morgan fingerprint density at radius 2 is 1.72 bits per heavy atom. The van der Waals surface area contributed by atoms with E-state index in [1.54, 1.807) is 6.08 Å². The Kier molecular flexibility index (Phi) is 4.81. The molecule has 2 saturated carbocycles. The van der Waals surface area contributed by atoms with E-state index in [4.69, 9.17) is 0 Å². The summed E-state index contributed by atoms with van der Waals surface area (Å²) in [5, 5.41) is 3.29. The average Bonchev–Trinajstić information content (AvgIpc) is 3.27. The summed E-state index contributed by atoms with van der Waals surface area (Å²) in [6, 6.07) is 19.8. The number of nitrogens with zero attached hydrogens (tertiary/aromatic N) is 1. The van der Waals surface area contributed by atoms with Crippen molar-refractivity contribution in [2.24, 2.45) is 16.7 Å². The van der Waals surface area contributed by atoms with Crippen LogP contribution in [0.1, 0.15) is 57.2 Å². The molecule has 1 aliphatic heterocycles. The van der Waals surface area contributed by atoms with Gasteiger partial charge in [-0.15, -0.1) is 0 Å². The third-order valence-electron chi connectivity index (χ3n) is 9.06. The van der Waals surface area contributed by atoms with Crippen molar-refractivity contribution in [3.8, 4) is 0 Å². The van der Waals surface area contributed by atoms with Crippen molar-refractivity contribution in [3.63, 3.8) is 0 Å². The lowest BCUT2D eigenvalue weighted by Crippen LogP contribution is -2.64. The number of benzene rings is 2. The zero-order valence-electron chi connectivity index (χ0n) is 19.2. The fraction of sp³-hybridized carbons (Fsp3) is 0.429. The van der Waals surface area contributed by atoms with Gasteiger partial charge in [0.25, 0.3) is 0 Å². The van der Waals surface area contributed by atoms with E-state index in [1.807, 2.05) is 78.6 Å². The molecule has 3 aliphatic rings. The van der Waals surface area contributed by atoms with E-state index >= 15 is 0 Å². The molecule has 0 radical (unpaired) electrons. The minimum atomic E-state index is -0.786. The van der Waals surface area contributed by atoms with E-state index in [-0.39, 0.29) is 28.7 Å². The Balaban J connectivity index is 1.47. The number of carbonyl (C=O) groups is 2. The van der Waals surface area contributed by atoms with Crippen molar-refractivity contribution < 1.29 is 9.59 Å². The third-order valence-corrected chi connectivity index (χ3v) is 9.06. The van der Waals surface area contributed by atoms with Crippen LogP contribution in [0.3, 0.4) is 0 Å². The Bertz CT molecular complexity index is 1070. The van der Waals surface area contributed by atoms with E-state index in [0.717, 1.165) is 30.4 Å². The smallest absolute Gasteiger partial charge is 0.247 e. The van der Waals surface area contributed by atoms with E-state index in [0.29, 0.717) is 12.5 Å². The molecule has 1 N–H and O–H groups in total. The summed E-state index contributed by atoms with van der Waals surface area (Å²) in [6.45, 7) is 7.23. The quantitative estimate of drug-likeness (QED) is 0.683. The van der Waals surface area contributed by atoms with Crippen LogP contribution in [0.25, 0.3) is 6.08 Å². The molecule has 166 valence electrons. The van der Waals surface area contributed by atoms with Gasteiger partial charge in [0.1, 0.15) is 5.54 Å². The number of nitrogens with one attached hydrogen (secondary N) is 1. The second-order valence-electron chi connectivity index (χ2n) is 10.3. The van der Waals surface area contributed by atoms with Gasteiger partial charge in [-0.2, -0.15) is 0 Å². The highest BCUT2D eigenvalue weighted by Crippen LogP contribution is 2.75. The van der Waals surface area contributed by atoms with Gasteiger partial charge in [-0.25, -0.2) is 0 Å². The molecule has 5 atom stereocenters. The fourth-order valence-corrected chi connectivity index (χ4v) is 6.98. The van der Waals surface area contributed by atoms with Gasteiger partial charge < -0.3 is 10.2 Å². The standard InChI is InChI=1S/C28H32N2O2/c1-20(22-12-8-5-9-13-22)29-25(32)28-18-23-16-17-27(28,3)26(23,2)19-30(28)24(31)15-14-21-10-6-4-7-11-21/h4-15,20,23H,16-19H2,1-3H3,(H,29,32). The summed E-state index contributed by atoms with van der Waals surface area (Å²) in [6.07, 6.45) is 6.41. The molecule has 4 heteroatoms. The first-order valence-electron chi connectivity index (χ1n) is 11.7. The first-order valence-corrected chi connectivity index (χ1v) is 11.7. The van der Waals surface area contributed by atoms with Gasteiger partial charge in [0.2, 0.25) is 11.8 Å². The summed E-state index contributed by atoms with van der Waals surface area (Å²) in [7, 11) is 0. The molecule has 1 saturated heterocycles. The summed E-state index contributed by atoms with van der Waals surface area (Å²) in [5.41, 5.74) is 1.05. The highest BCUT2D eigenvalue weighted by atomic mass is 16.2. The number of piperidine rings is 1. The third kappa shape index (κ3) is 2.74. The topological polar surface area (TPSA) is 49.4 Å². The number of rotatable bonds is 5. The number of likely N-dealkylation sites (tertiary alicyclic amines) is 1. The molecule has 4 nitrogen and oxygen atoms in total. The predicted molar refractivity (Wildman–Crippen MR) is 126 cm³/mol. The maximum Gasteiger partial charge on any atom is 0.247 e. The predicted octanol–water partition coefficient (Wildman–Crippen LogP) is 4.98. The number of amides is 2. The molecule has 5 rings (SSSR count). The fourth-order valence-electron chi connectivity index (χ4n) is 6.98. The van der Waals surface area contributed by atoms with Crippen molar-refractivity contribution >= 4 is 17.9 Å². The number of hydrogen-bond donors (Lipinski definition) is 1. The molecule has 1 heterocycles. The van der Waals surface area contributed by atoms with Crippen LogP contribution in [0.5, 0.6) is 0 Å². The van der Waals surface area contributed by atoms with Crippen LogP contribution in [0.2, 0.25) is 0 Å². The van der Waals surface area contributed by atoms with Gasteiger partial charge in [0.05, 0.1) is 6.04 Å². The van der Waals surface area contributed by atoms with Crippen molar-refractivity contribution in [3.05, 3.63) is 77.9 Å². The zero-order valence-corrected chi connectivity index (χ0v) is 19.2. The number of carbonyl (C=O) groups excluding carboxylic acids is 2. The molecule has 2 aromatic rings. The monoisotopic (exact) mass is 428 g/mol. The Morgan fingerprint density at radius 1 is 1.06 bits per heavy atom. The Hall–Kier alpha value is -2.88. The minimum Gasteiger partial charge on any atom is -0.348 e. The molecule has 2 aliphatic carbocycles. The van der Waals surface area contributed by atoms with Gasteiger partial charge in [-0.1, -0.05) is 74.5 Å². The summed E-state index contributed by atoms with van der Waals surface area (Å²) >= 11 is 0. The van der Waals surface area contributed by atoms with Gasteiger partial charge in [-0.3, -0.25) is 9.59 Å². The van der Waals surface area contributed by atoms with Crippen LogP contribution in [0.15, 0.2) is 66.7 Å². The molecular formula is C28H32N2O2.